The first-order chi connectivity index (χ1) is 15.9. The molecular weight excluding hydrogens is 509 g/mol. The lowest BCUT2D eigenvalue weighted by molar-refractivity contribution is 0.102. The highest BCUT2D eigenvalue weighted by atomic mass is 79.9. The van der Waals surface area contributed by atoms with Crippen molar-refractivity contribution in [3.05, 3.63) is 110 Å². The van der Waals surface area contributed by atoms with Crippen molar-refractivity contribution in [3.8, 4) is 5.75 Å². The van der Waals surface area contributed by atoms with Crippen LogP contribution in [0.25, 0.3) is 0 Å². The monoisotopic (exact) mass is 527 g/mol. The summed E-state index contributed by atoms with van der Waals surface area (Å²) in [6, 6.07) is 20.8. The number of benzene rings is 3. The minimum Gasteiger partial charge on any atom is -0.487 e. The Morgan fingerprint density at radius 1 is 1.12 bits per heavy atom. The molecule has 4 aromatic rings. The molecule has 8 heteroatoms. The molecule has 0 radical (unpaired) electrons. The van der Waals surface area contributed by atoms with E-state index < -0.39 is 0 Å². The molecule has 0 unspecified atom stereocenters. The van der Waals surface area contributed by atoms with Gasteiger partial charge in [0.25, 0.3) is 5.91 Å². The Morgan fingerprint density at radius 2 is 1.88 bits per heavy atom. The fourth-order valence-electron chi connectivity index (χ4n) is 3.21. The summed E-state index contributed by atoms with van der Waals surface area (Å²) in [6.07, 6.45) is 0. The van der Waals surface area contributed by atoms with E-state index in [1.165, 1.54) is 6.07 Å². The summed E-state index contributed by atoms with van der Waals surface area (Å²) in [4.78, 5) is 12.6. The van der Waals surface area contributed by atoms with Crippen LogP contribution in [0.4, 0.5) is 10.2 Å². The van der Waals surface area contributed by atoms with Crippen LogP contribution in [0.15, 0.2) is 77.3 Å². The predicted octanol–water partition coefficient (Wildman–Crippen LogP) is 6.63. The van der Waals surface area contributed by atoms with E-state index in [9.17, 15) is 9.18 Å². The molecule has 0 aliphatic rings. The molecule has 0 atom stereocenters. The predicted molar refractivity (Wildman–Crippen MR) is 130 cm³/mol. The third-order valence-corrected chi connectivity index (χ3v) is 5.79. The highest BCUT2D eigenvalue weighted by Gasteiger charge is 2.12. The normalized spacial score (nSPS) is 10.8. The van der Waals surface area contributed by atoms with Gasteiger partial charge in [-0.2, -0.15) is 5.10 Å². The van der Waals surface area contributed by atoms with Crippen LogP contribution >= 0.6 is 27.5 Å². The third-order valence-electron chi connectivity index (χ3n) is 5.01. The zero-order valence-electron chi connectivity index (χ0n) is 17.7. The Morgan fingerprint density at radius 3 is 2.61 bits per heavy atom. The summed E-state index contributed by atoms with van der Waals surface area (Å²) in [5.41, 5.74) is 2.73. The number of rotatable bonds is 7. The van der Waals surface area contributed by atoms with E-state index in [1.54, 1.807) is 53.2 Å². The maximum absolute atomic E-state index is 13.9. The molecule has 0 aliphatic carbocycles. The van der Waals surface area contributed by atoms with Gasteiger partial charge in [-0.1, -0.05) is 57.9 Å². The fourth-order valence-corrected chi connectivity index (χ4v) is 3.94. The maximum Gasteiger partial charge on any atom is 0.256 e. The molecule has 1 aromatic heterocycles. The SMILES string of the molecule is Cc1cc(NC(=O)c2ccc(COc3ccc(Br)cc3Cl)cc2)nn1Cc1ccccc1F. The van der Waals surface area contributed by atoms with Crippen LogP contribution in [0.1, 0.15) is 27.2 Å². The molecule has 1 amide bonds. The lowest BCUT2D eigenvalue weighted by Gasteiger charge is -2.09. The van der Waals surface area contributed by atoms with E-state index in [0.717, 1.165) is 15.7 Å². The number of halogens is 3. The van der Waals surface area contributed by atoms with Gasteiger partial charge >= 0.3 is 0 Å². The second-order valence-electron chi connectivity index (χ2n) is 7.43. The first kappa shape index (κ1) is 23.0. The Hall–Kier alpha value is -3.16. The Bertz CT molecular complexity index is 1290. The number of hydrogen-bond acceptors (Lipinski definition) is 3. The number of aromatic nitrogens is 2. The quantitative estimate of drug-likeness (QED) is 0.293. The largest absolute Gasteiger partial charge is 0.487 e. The zero-order valence-corrected chi connectivity index (χ0v) is 20.0. The van der Waals surface area contributed by atoms with Gasteiger partial charge in [-0.05, 0) is 48.9 Å². The van der Waals surface area contributed by atoms with Crippen molar-refractivity contribution in [3.63, 3.8) is 0 Å². The average molecular weight is 529 g/mol. The molecule has 3 aromatic carbocycles. The summed E-state index contributed by atoms with van der Waals surface area (Å²) in [6.45, 7) is 2.46. The van der Waals surface area contributed by atoms with Gasteiger partial charge < -0.3 is 10.1 Å². The summed E-state index contributed by atoms with van der Waals surface area (Å²) < 4.78 is 22.2. The number of anilines is 1. The molecule has 0 fully saturated rings. The Balaban J connectivity index is 1.37. The minimum atomic E-state index is -0.288. The lowest BCUT2D eigenvalue weighted by atomic mass is 10.1. The van der Waals surface area contributed by atoms with E-state index in [2.05, 4.69) is 26.3 Å². The van der Waals surface area contributed by atoms with Crippen LogP contribution < -0.4 is 10.1 Å². The van der Waals surface area contributed by atoms with Crippen LogP contribution in [0.2, 0.25) is 5.02 Å². The summed E-state index contributed by atoms with van der Waals surface area (Å²) in [5.74, 6) is 0.424. The average Bonchev–Trinajstić information content (AvgIpc) is 3.13. The highest BCUT2D eigenvalue weighted by molar-refractivity contribution is 9.10. The van der Waals surface area contributed by atoms with Crippen molar-refractivity contribution in [2.24, 2.45) is 0 Å². The number of hydrogen-bond donors (Lipinski definition) is 1. The first-order valence-electron chi connectivity index (χ1n) is 10.1. The van der Waals surface area contributed by atoms with Crippen molar-refractivity contribution in [2.75, 3.05) is 5.32 Å². The smallest absolute Gasteiger partial charge is 0.256 e. The van der Waals surface area contributed by atoms with Crippen LogP contribution in [0.3, 0.4) is 0 Å². The molecule has 0 spiro atoms. The van der Waals surface area contributed by atoms with Crippen molar-refractivity contribution in [2.45, 2.75) is 20.1 Å². The van der Waals surface area contributed by atoms with E-state index >= 15 is 0 Å². The number of nitrogens with zero attached hydrogens (tertiary/aromatic N) is 2. The van der Waals surface area contributed by atoms with Crippen molar-refractivity contribution < 1.29 is 13.9 Å². The van der Waals surface area contributed by atoms with Gasteiger partial charge in [-0.25, -0.2) is 4.39 Å². The Kier molecular flexibility index (Phi) is 7.11. The summed E-state index contributed by atoms with van der Waals surface area (Å²) in [5, 5.41) is 7.70. The molecule has 0 bridgehead atoms. The molecular formula is C25H20BrClFN3O2. The molecule has 4 rings (SSSR count). The van der Waals surface area contributed by atoms with E-state index in [0.29, 0.717) is 34.3 Å². The molecule has 1 N–H and O–H groups in total. The van der Waals surface area contributed by atoms with Crippen molar-refractivity contribution in [1.29, 1.82) is 0 Å². The van der Waals surface area contributed by atoms with Crippen LogP contribution in [0.5, 0.6) is 5.75 Å². The third kappa shape index (κ3) is 5.80. The second kappa shape index (κ2) is 10.2. The van der Waals surface area contributed by atoms with Gasteiger partial charge in [0.1, 0.15) is 18.2 Å². The van der Waals surface area contributed by atoms with Gasteiger partial charge in [0.2, 0.25) is 0 Å². The molecule has 168 valence electrons. The standard InChI is InChI=1S/C25H20BrClFN3O2/c1-16-12-24(30-31(16)14-19-4-2-3-5-22(19)28)29-25(32)18-8-6-17(7-9-18)15-33-23-11-10-20(26)13-21(23)27/h2-13H,14-15H2,1H3,(H,29,30,32). The zero-order chi connectivity index (χ0) is 23.4. The number of ether oxygens (including phenoxy) is 1. The number of carbonyl (C=O) groups excluding carboxylic acids is 1. The number of carbonyl (C=O) groups is 1. The van der Waals surface area contributed by atoms with Crippen molar-refractivity contribution in [1.82, 2.24) is 9.78 Å². The van der Waals surface area contributed by atoms with Gasteiger partial charge in [0.05, 0.1) is 11.6 Å². The van der Waals surface area contributed by atoms with Gasteiger partial charge in [0.15, 0.2) is 5.82 Å². The number of amides is 1. The molecule has 1 heterocycles. The molecule has 0 saturated heterocycles. The van der Waals surface area contributed by atoms with Gasteiger partial charge in [0, 0.05) is 27.4 Å². The molecule has 33 heavy (non-hydrogen) atoms. The summed E-state index contributed by atoms with van der Waals surface area (Å²) in [7, 11) is 0. The minimum absolute atomic E-state index is 0.283. The number of nitrogens with one attached hydrogen (secondary N) is 1. The van der Waals surface area contributed by atoms with Crippen molar-refractivity contribution >= 4 is 39.3 Å². The van der Waals surface area contributed by atoms with Gasteiger partial charge in [-0.15, -0.1) is 0 Å². The van der Waals surface area contributed by atoms with Gasteiger partial charge in [-0.3, -0.25) is 9.48 Å². The maximum atomic E-state index is 13.9. The van der Waals surface area contributed by atoms with E-state index in [-0.39, 0.29) is 18.3 Å². The van der Waals surface area contributed by atoms with E-state index in [1.807, 2.05) is 25.1 Å². The second-order valence-corrected chi connectivity index (χ2v) is 8.76. The first-order valence-corrected chi connectivity index (χ1v) is 11.3. The molecule has 5 nitrogen and oxygen atoms in total. The topological polar surface area (TPSA) is 56.1 Å². The fraction of sp³-hybridized carbons (Fsp3) is 0.120. The van der Waals surface area contributed by atoms with Crippen LogP contribution in [0, 0.1) is 12.7 Å². The lowest BCUT2D eigenvalue weighted by Crippen LogP contribution is -2.13. The number of aryl methyl sites for hydroxylation is 1. The summed E-state index contributed by atoms with van der Waals surface area (Å²) >= 11 is 9.53. The van der Waals surface area contributed by atoms with Crippen LogP contribution in [-0.4, -0.2) is 15.7 Å². The highest BCUT2D eigenvalue weighted by Crippen LogP contribution is 2.28. The Labute approximate surface area is 204 Å². The van der Waals surface area contributed by atoms with Crippen LogP contribution in [-0.2, 0) is 13.2 Å². The molecule has 0 saturated carbocycles. The van der Waals surface area contributed by atoms with E-state index in [4.69, 9.17) is 16.3 Å². The molecule has 0 aliphatic heterocycles.